The number of likely N-dealkylation sites (tertiary alicyclic amines) is 1. The molecule has 1 atom stereocenters. The number of hydrogen-bond donors (Lipinski definition) is 2. The van der Waals surface area contributed by atoms with Gasteiger partial charge >= 0.3 is 5.97 Å². The molecule has 7 nitrogen and oxygen atoms in total. The van der Waals surface area contributed by atoms with E-state index in [-0.39, 0.29) is 21.3 Å². The number of nitrogen functional groups attached to an aromatic ring is 1. The Hall–Kier alpha value is -1.99. The zero-order valence-electron chi connectivity index (χ0n) is 12.8. The van der Waals surface area contributed by atoms with Crippen LogP contribution >= 0.6 is 23.2 Å². The van der Waals surface area contributed by atoms with Crippen LogP contribution in [0, 0.1) is 0 Å². The van der Waals surface area contributed by atoms with Crippen molar-refractivity contribution in [1.29, 1.82) is 0 Å². The predicted molar refractivity (Wildman–Crippen MR) is 89.7 cm³/mol. The summed E-state index contributed by atoms with van der Waals surface area (Å²) in [4.78, 5) is 37.1. The van der Waals surface area contributed by atoms with Crippen LogP contribution in [0.4, 0.5) is 5.69 Å². The fourth-order valence-electron chi connectivity index (χ4n) is 2.57. The number of primary amides is 1. The van der Waals surface area contributed by atoms with E-state index in [1.807, 2.05) is 0 Å². The molecule has 1 aliphatic heterocycles. The summed E-state index contributed by atoms with van der Waals surface area (Å²) in [5, 5.41) is 0.336. The summed E-state index contributed by atoms with van der Waals surface area (Å²) in [5.41, 5.74) is 11.0. The Morgan fingerprint density at radius 1 is 1.25 bits per heavy atom. The third-order valence-corrected chi connectivity index (χ3v) is 4.32. The molecule has 9 heteroatoms. The molecule has 24 heavy (non-hydrogen) atoms. The zero-order chi connectivity index (χ0) is 17.9. The summed E-state index contributed by atoms with van der Waals surface area (Å²) in [6, 6.07) is 2.03. The van der Waals surface area contributed by atoms with Crippen LogP contribution in [0.15, 0.2) is 12.1 Å². The van der Waals surface area contributed by atoms with Gasteiger partial charge in [0.2, 0.25) is 5.91 Å². The number of piperidine rings is 1. The summed E-state index contributed by atoms with van der Waals surface area (Å²) in [6.07, 6.45) is 2.08. The Morgan fingerprint density at radius 2 is 1.96 bits per heavy atom. The average Bonchev–Trinajstić information content (AvgIpc) is 2.55. The van der Waals surface area contributed by atoms with Crippen molar-refractivity contribution in [2.24, 2.45) is 5.73 Å². The van der Waals surface area contributed by atoms with Crippen LogP contribution < -0.4 is 11.5 Å². The summed E-state index contributed by atoms with van der Waals surface area (Å²) < 4.78 is 4.98. The van der Waals surface area contributed by atoms with Gasteiger partial charge in [-0.25, -0.2) is 4.79 Å². The molecule has 1 fully saturated rings. The van der Waals surface area contributed by atoms with Gasteiger partial charge in [0.1, 0.15) is 6.04 Å². The standard InChI is InChI=1S/C15H17Cl2N3O4/c16-8-5-9(13(18)10(17)6-8)15(23)24-7-12(21)20-4-2-1-3-11(20)14(19)22/h5-6,11H,1-4,7,18H2,(H2,19,22)/t11-/m0/s1. The van der Waals surface area contributed by atoms with E-state index in [9.17, 15) is 14.4 Å². The van der Waals surface area contributed by atoms with E-state index < -0.39 is 30.4 Å². The maximum absolute atomic E-state index is 12.2. The Balaban J connectivity index is 2.03. The average molecular weight is 374 g/mol. The highest BCUT2D eigenvalue weighted by Gasteiger charge is 2.31. The maximum atomic E-state index is 12.2. The van der Waals surface area contributed by atoms with Crippen LogP contribution in [0.3, 0.4) is 0 Å². The summed E-state index contributed by atoms with van der Waals surface area (Å²) >= 11 is 11.7. The summed E-state index contributed by atoms with van der Waals surface area (Å²) in [5.74, 6) is -1.88. The van der Waals surface area contributed by atoms with Crippen molar-refractivity contribution in [2.75, 3.05) is 18.9 Å². The second kappa shape index (κ2) is 7.72. The van der Waals surface area contributed by atoms with Gasteiger partial charge in [0, 0.05) is 11.6 Å². The minimum Gasteiger partial charge on any atom is -0.452 e. The van der Waals surface area contributed by atoms with Crippen molar-refractivity contribution in [2.45, 2.75) is 25.3 Å². The summed E-state index contributed by atoms with van der Waals surface area (Å²) in [7, 11) is 0. The quantitative estimate of drug-likeness (QED) is 0.614. The van der Waals surface area contributed by atoms with Crippen LogP contribution in [-0.4, -0.2) is 41.9 Å². The first kappa shape index (κ1) is 18.4. The molecule has 0 unspecified atom stereocenters. The van der Waals surface area contributed by atoms with E-state index >= 15 is 0 Å². The molecule has 1 aliphatic rings. The normalized spacial score (nSPS) is 17.4. The number of hydrogen-bond acceptors (Lipinski definition) is 5. The molecule has 0 spiro atoms. The van der Waals surface area contributed by atoms with Crippen LogP contribution in [-0.2, 0) is 14.3 Å². The lowest BCUT2D eigenvalue weighted by atomic mass is 10.0. The zero-order valence-corrected chi connectivity index (χ0v) is 14.3. The molecule has 4 N–H and O–H groups in total. The molecule has 0 aromatic heterocycles. The van der Waals surface area contributed by atoms with Crippen molar-refractivity contribution >= 4 is 46.7 Å². The second-order valence-corrected chi connectivity index (χ2v) is 6.27. The molecule has 0 bridgehead atoms. The number of nitrogens with two attached hydrogens (primary N) is 2. The molecule has 0 aliphatic carbocycles. The number of ether oxygens (including phenoxy) is 1. The minimum absolute atomic E-state index is 0.0199. The molecular formula is C15H17Cl2N3O4. The SMILES string of the molecule is NC(=O)[C@@H]1CCCCN1C(=O)COC(=O)c1cc(Cl)cc(Cl)c1N. The van der Waals surface area contributed by atoms with Crippen molar-refractivity contribution < 1.29 is 19.1 Å². The number of benzene rings is 1. The smallest absolute Gasteiger partial charge is 0.340 e. The third kappa shape index (κ3) is 4.10. The molecule has 1 heterocycles. The Bertz CT molecular complexity index is 681. The van der Waals surface area contributed by atoms with Crippen LogP contribution in [0.5, 0.6) is 0 Å². The van der Waals surface area contributed by atoms with Crippen molar-refractivity contribution in [1.82, 2.24) is 4.90 Å². The number of halogens is 2. The second-order valence-electron chi connectivity index (χ2n) is 5.43. The Morgan fingerprint density at radius 3 is 2.62 bits per heavy atom. The van der Waals surface area contributed by atoms with Gasteiger partial charge in [-0.15, -0.1) is 0 Å². The van der Waals surface area contributed by atoms with Gasteiger partial charge in [0.05, 0.1) is 16.3 Å². The van der Waals surface area contributed by atoms with E-state index in [0.29, 0.717) is 13.0 Å². The fraction of sp³-hybridized carbons (Fsp3) is 0.400. The van der Waals surface area contributed by atoms with E-state index in [4.69, 9.17) is 39.4 Å². The lowest BCUT2D eigenvalue weighted by Crippen LogP contribution is -2.51. The van der Waals surface area contributed by atoms with E-state index in [1.54, 1.807) is 0 Å². The largest absolute Gasteiger partial charge is 0.452 e. The van der Waals surface area contributed by atoms with E-state index in [0.717, 1.165) is 12.8 Å². The van der Waals surface area contributed by atoms with Gasteiger partial charge < -0.3 is 21.1 Å². The first-order chi connectivity index (χ1) is 11.3. The molecule has 0 radical (unpaired) electrons. The van der Waals surface area contributed by atoms with Gasteiger partial charge in [-0.1, -0.05) is 23.2 Å². The highest BCUT2D eigenvalue weighted by molar-refractivity contribution is 6.37. The molecular weight excluding hydrogens is 357 g/mol. The lowest BCUT2D eigenvalue weighted by molar-refractivity contribution is -0.143. The number of rotatable bonds is 4. The maximum Gasteiger partial charge on any atom is 0.340 e. The van der Waals surface area contributed by atoms with Gasteiger partial charge in [0.15, 0.2) is 6.61 Å². The first-order valence-electron chi connectivity index (χ1n) is 7.31. The van der Waals surface area contributed by atoms with Crippen LogP contribution in [0.1, 0.15) is 29.6 Å². The molecule has 2 amide bonds. The van der Waals surface area contributed by atoms with Crippen molar-refractivity contribution in [3.8, 4) is 0 Å². The Labute approximate surface area is 148 Å². The summed E-state index contributed by atoms with van der Waals surface area (Å²) in [6.45, 7) is -0.124. The molecule has 1 saturated heterocycles. The number of carbonyl (C=O) groups excluding carboxylic acids is 3. The van der Waals surface area contributed by atoms with Crippen LogP contribution in [0.25, 0.3) is 0 Å². The molecule has 1 aromatic rings. The van der Waals surface area contributed by atoms with Gasteiger partial charge in [-0.05, 0) is 31.4 Å². The Kier molecular flexibility index (Phi) is 5.90. The number of anilines is 1. The van der Waals surface area contributed by atoms with E-state index in [2.05, 4.69) is 0 Å². The minimum atomic E-state index is -0.821. The number of carbonyl (C=O) groups is 3. The number of esters is 1. The predicted octanol–water partition coefficient (Wildman–Crippen LogP) is 1.60. The van der Waals surface area contributed by atoms with Gasteiger partial charge in [-0.2, -0.15) is 0 Å². The third-order valence-electron chi connectivity index (χ3n) is 3.79. The molecule has 130 valence electrons. The lowest BCUT2D eigenvalue weighted by Gasteiger charge is -2.33. The highest BCUT2D eigenvalue weighted by Crippen LogP contribution is 2.28. The number of nitrogens with zero attached hydrogens (tertiary/aromatic N) is 1. The monoisotopic (exact) mass is 373 g/mol. The molecule has 1 aromatic carbocycles. The van der Waals surface area contributed by atoms with Crippen molar-refractivity contribution in [3.63, 3.8) is 0 Å². The van der Waals surface area contributed by atoms with Crippen molar-refractivity contribution in [3.05, 3.63) is 27.7 Å². The van der Waals surface area contributed by atoms with Gasteiger partial charge in [0.25, 0.3) is 5.91 Å². The first-order valence-corrected chi connectivity index (χ1v) is 8.07. The molecule has 0 saturated carbocycles. The van der Waals surface area contributed by atoms with E-state index in [1.165, 1.54) is 17.0 Å². The molecule has 2 rings (SSSR count). The van der Waals surface area contributed by atoms with Gasteiger partial charge in [-0.3, -0.25) is 9.59 Å². The van der Waals surface area contributed by atoms with Crippen LogP contribution in [0.2, 0.25) is 10.0 Å². The number of amides is 2. The highest BCUT2D eigenvalue weighted by atomic mass is 35.5. The topological polar surface area (TPSA) is 116 Å². The fourth-order valence-corrected chi connectivity index (χ4v) is 3.06.